The van der Waals surface area contributed by atoms with E-state index in [2.05, 4.69) is 20.8 Å². The Balaban J connectivity index is 1.54. The third-order valence-electron chi connectivity index (χ3n) is 4.32. The molecule has 0 bridgehead atoms. The lowest BCUT2D eigenvalue weighted by Gasteiger charge is -2.18. The highest BCUT2D eigenvalue weighted by molar-refractivity contribution is 5.93. The molecule has 1 saturated heterocycles. The van der Waals surface area contributed by atoms with Crippen LogP contribution in [0.15, 0.2) is 36.5 Å². The van der Waals surface area contributed by atoms with Crippen molar-refractivity contribution >= 4 is 11.9 Å². The average Bonchev–Trinajstić information content (AvgIpc) is 3.09. The minimum atomic E-state index is -0.437. The summed E-state index contributed by atoms with van der Waals surface area (Å²) in [5.74, 6) is -0.213. The standard InChI is InChI=1S/C18H21N5O2/c1-12-5-4-9-19-16(12)14-8-10-23(11-14)18(25)22-21-17(24)15-7-3-6-13(2)20-15/h3-7,9,14H,8,10-11H2,1-2H3,(H,21,24)(H,22,25). The lowest BCUT2D eigenvalue weighted by molar-refractivity contribution is 0.0926. The quantitative estimate of drug-likeness (QED) is 0.819. The summed E-state index contributed by atoms with van der Waals surface area (Å²) >= 11 is 0. The van der Waals surface area contributed by atoms with Gasteiger partial charge in [-0.3, -0.25) is 15.2 Å². The van der Waals surface area contributed by atoms with Crippen molar-refractivity contribution < 1.29 is 9.59 Å². The number of hydrogen-bond acceptors (Lipinski definition) is 4. The van der Waals surface area contributed by atoms with Gasteiger partial charge in [-0.05, 0) is 44.0 Å². The van der Waals surface area contributed by atoms with Crippen LogP contribution in [-0.2, 0) is 0 Å². The number of pyridine rings is 2. The van der Waals surface area contributed by atoms with Gasteiger partial charge in [-0.2, -0.15) is 0 Å². The van der Waals surface area contributed by atoms with Crippen LogP contribution in [0.3, 0.4) is 0 Å². The zero-order valence-corrected chi connectivity index (χ0v) is 14.3. The van der Waals surface area contributed by atoms with Crippen LogP contribution in [0.1, 0.15) is 39.8 Å². The van der Waals surface area contributed by atoms with Crippen molar-refractivity contribution in [2.75, 3.05) is 13.1 Å². The van der Waals surface area contributed by atoms with E-state index in [1.54, 1.807) is 36.2 Å². The van der Waals surface area contributed by atoms with Crippen LogP contribution in [0.4, 0.5) is 4.79 Å². The molecule has 1 aliphatic heterocycles. The summed E-state index contributed by atoms with van der Waals surface area (Å²) in [5, 5.41) is 0. The molecule has 0 spiro atoms. The first-order chi connectivity index (χ1) is 12.0. The first-order valence-electron chi connectivity index (χ1n) is 8.25. The second-order valence-corrected chi connectivity index (χ2v) is 6.19. The summed E-state index contributed by atoms with van der Waals surface area (Å²) in [7, 11) is 0. The molecule has 1 aliphatic rings. The van der Waals surface area contributed by atoms with E-state index in [0.29, 0.717) is 13.1 Å². The summed E-state index contributed by atoms with van der Waals surface area (Å²) in [6, 6.07) is 8.77. The molecule has 7 nitrogen and oxygen atoms in total. The zero-order chi connectivity index (χ0) is 17.8. The number of carbonyl (C=O) groups excluding carboxylic acids is 2. The fraction of sp³-hybridized carbons (Fsp3) is 0.333. The number of urea groups is 1. The van der Waals surface area contributed by atoms with Crippen LogP contribution in [0.2, 0.25) is 0 Å². The molecule has 3 amide bonds. The minimum absolute atomic E-state index is 0.223. The molecule has 0 aliphatic carbocycles. The number of nitrogens with zero attached hydrogens (tertiary/aromatic N) is 3. The van der Waals surface area contributed by atoms with Crippen LogP contribution in [-0.4, -0.2) is 39.9 Å². The molecular formula is C18H21N5O2. The molecule has 3 heterocycles. The molecular weight excluding hydrogens is 318 g/mol. The maximum Gasteiger partial charge on any atom is 0.336 e. The maximum absolute atomic E-state index is 12.3. The highest BCUT2D eigenvalue weighted by Crippen LogP contribution is 2.27. The van der Waals surface area contributed by atoms with Gasteiger partial charge < -0.3 is 4.90 Å². The number of rotatable bonds is 2. The van der Waals surface area contributed by atoms with E-state index in [1.165, 1.54) is 0 Å². The molecule has 25 heavy (non-hydrogen) atoms. The van der Waals surface area contributed by atoms with Gasteiger partial charge in [0, 0.05) is 36.6 Å². The van der Waals surface area contributed by atoms with Gasteiger partial charge in [0.1, 0.15) is 5.69 Å². The van der Waals surface area contributed by atoms with Gasteiger partial charge in [-0.25, -0.2) is 15.2 Å². The normalized spacial score (nSPS) is 16.6. The van der Waals surface area contributed by atoms with E-state index in [0.717, 1.165) is 23.4 Å². The fourth-order valence-electron chi connectivity index (χ4n) is 3.02. The molecule has 0 radical (unpaired) electrons. The molecule has 1 unspecified atom stereocenters. The number of aromatic nitrogens is 2. The predicted molar refractivity (Wildman–Crippen MR) is 92.9 cm³/mol. The summed E-state index contributed by atoms with van der Waals surface area (Å²) in [5.41, 5.74) is 8.04. The topological polar surface area (TPSA) is 87.2 Å². The molecule has 2 aromatic heterocycles. The first-order valence-corrected chi connectivity index (χ1v) is 8.25. The Morgan fingerprint density at radius 3 is 2.76 bits per heavy atom. The number of hydrogen-bond donors (Lipinski definition) is 2. The molecule has 1 fully saturated rings. The van der Waals surface area contributed by atoms with Gasteiger partial charge in [0.05, 0.1) is 0 Å². The monoisotopic (exact) mass is 339 g/mol. The Morgan fingerprint density at radius 2 is 2.00 bits per heavy atom. The fourth-order valence-corrected chi connectivity index (χ4v) is 3.02. The molecule has 2 aromatic rings. The molecule has 1 atom stereocenters. The Hall–Kier alpha value is -2.96. The maximum atomic E-state index is 12.3. The average molecular weight is 339 g/mol. The molecule has 3 rings (SSSR count). The molecule has 0 aromatic carbocycles. The third kappa shape index (κ3) is 3.93. The van der Waals surface area contributed by atoms with Gasteiger partial charge >= 0.3 is 6.03 Å². The highest BCUT2D eigenvalue weighted by atomic mass is 16.2. The van der Waals surface area contributed by atoms with Crippen LogP contribution >= 0.6 is 0 Å². The minimum Gasteiger partial charge on any atom is -0.323 e. The SMILES string of the molecule is Cc1cccc(C(=O)NNC(=O)N2CCC(c3ncccc3C)C2)n1. The van der Waals surface area contributed by atoms with Crippen molar-refractivity contribution in [3.63, 3.8) is 0 Å². The van der Waals surface area contributed by atoms with Gasteiger partial charge in [-0.1, -0.05) is 12.1 Å². The van der Waals surface area contributed by atoms with Crippen LogP contribution in [0.5, 0.6) is 0 Å². The number of aryl methyl sites for hydroxylation is 2. The lowest BCUT2D eigenvalue weighted by atomic mass is 10.0. The lowest BCUT2D eigenvalue weighted by Crippen LogP contribution is -2.48. The van der Waals surface area contributed by atoms with Gasteiger partial charge in [-0.15, -0.1) is 0 Å². The Morgan fingerprint density at radius 1 is 1.16 bits per heavy atom. The number of hydrazine groups is 1. The van der Waals surface area contributed by atoms with E-state index in [9.17, 15) is 9.59 Å². The van der Waals surface area contributed by atoms with E-state index < -0.39 is 5.91 Å². The van der Waals surface area contributed by atoms with Crippen molar-refractivity contribution in [2.24, 2.45) is 0 Å². The van der Waals surface area contributed by atoms with Crippen molar-refractivity contribution in [1.82, 2.24) is 25.7 Å². The van der Waals surface area contributed by atoms with E-state index in [4.69, 9.17) is 0 Å². The Bertz CT molecular complexity index is 793. The smallest absolute Gasteiger partial charge is 0.323 e. The Labute approximate surface area is 146 Å². The summed E-state index contributed by atoms with van der Waals surface area (Å²) in [6.07, 6.45) is 2.64. The van der Waals surface area contributed by atoms with E-state index >= 15 is 0 Å². The molecule has 0 saturated carbocycles. The van der Waals surface area contributed by atoms with Crippen molar-refractivity contribution in [3.8, 4) is 0 Å². The summed E-state index contributed by atoms with van der Waals surface area (Å²) in [6.45, 7) is 5.05. The number of carbonyl (C=O) groups is 2. The molecule has 2 N–H and O–H groups in total. The molecule has 130 valence electrons. The zero-order valence-electron chi connectivity index (χ0n) is 14.3. The number of nitrogens with one attached hydrogen (secondary N) is 2. The third-order valence-corrected chi connectivity index (χ3v) is 4.32. The number of amides is 3. The van der Waals surface area contributed by atoms with Crippen molar-refractivity contribution in [2.45, 2.75) is 26.2 Å². The molecule has 7 heteroatoms. The van der Waals surface area contributed by atoms with Gasteiger partial charge in [0.15, 0.2) is 0 Å². The first kappa shape index (κ1) is 16.9. The number of likely N-dealkylation sites (tertiary alicyclic amines) is 1. The highest BCUT2D eigenvalue weighted by Gasteiger charge is 2.29. The van der Waals surface area contributed by atoms with Crippen LogP contribution in [0.25, 0.3) is 0 Å². The Kier molecular flexibility index (Phi) is 4.92. The largest absolute Gasteiger partial charge is 0.336 e. The summed E-state index contributed by atoms with van der Waals surface area (Å²) < 4.78 is 0. The van der Waals surface area contributed by atoms with E-state index in [-0.39, 0.29) is 17.6 Å². The van der Waals surface area contributed by atoms with Gasteiger partial charge in [0.2, 0.25) is 0 Å². The van der Waals surface area contributed by atoms with Gasteiger partial charge in [0.25, 0.3) is 5.91 Å². The van der Waals surface area contributed by atoms with Crippen LogP contribution < -0.4 is 10.9 Å². The summed E-state index contributed by atoms with van der Waals surface area (Å²) in [4.78, 5) is 34.5. The van der Waals surface area contributed by atoms with E-state index in [1.807, 2.05) is 19.1 Å². The van der Waals surface area contributed by atoms with Crippen molar-refractivity contribution in [1.29, 1.82) is 0 Å². The van der Waals surface area contributed by atoms with Crippen molar-refractivity contribution in [3.05, 3.63) is 59.2 Å². The predicted octanol–water partition coefficient (Wildman–Crippen LogP) is 1.94. The van der Waals surface area contributed by atoms with Crippen LogP contribution in [0, 0.1) is 13.8 Å². The second-order valence-electron chi connectivity index (χ2n) is 6.19. The second kappa shape index (κ2) is 7.29.